The third-order valence-corrected chi connectivity index (χ3v) is 2.84. The topological polar surface area (TPSA) is 84.5 Å². The summed E-state index contributed by atoms with van der Waals surface area (Å²) in [6, 6.07) is 0.113. The van der Waals surface area contributed by atoms with Crippen molar-refractivity contribution in [3.63, 3.8) is 0 Å². The number of hydrogen-bond donors (Lipinski definition) is 3. The summed E-state index contributed by atoms with van der Waals surface area (Å²) in [7, 11) is 1.88. The van der Waals surface area contributed by atoms with Gasteiger partial charge in [0.2, 0.25) is 0 Å². The molecule has 17 heavy (non-hydrogen) atoms. The summed E-state index contributed by atoms with van der Waals surface area (Å²) in [4.78, 5) is 7.37. The predicted octanol–water partition coefficient (Wildman–Crippen LogP) is 1.60. The lowest BCUT2D eigenvalue weighted by molar-refractivity contribution is 0.678. The van der Waals surface area contributed by atoms with Crippen molar-refractivity contribution >= 4 is 11.5 Å². The molecule has 92 valence electrons. The first kappa shape index (κ1) is 11.5. The van der Waals surface area contributed by atoms with E-state index in [-0.39, 0.29) is 6.04 Å². The third kappa shape index (κ3) is 2.11. The molecule has 4 N–H and O–H groups in total. The summed E-state index contributed by atoms with van der Waals surface area (Å²) in [5.74, 6) is 1.75. The molecule has 1 atom stereocenters. The van der Waals surface area contributed by atoms with Crippen LogP contribution >= 0.6 is 0 Å². The van der Waals surface area contributed by atoms with Gasteiger partial charge in [-0.3, -0.25) is 4.68 Å². The van der Waals surface area contributed by atoms with Crippen LogP contribution < -0.4 is 11.1 Å². The van der Waals surface area contributed by atoms with Crippen LogP contribution in [0.15, 0.2) is 12.4 Å². The first-order valence-electron chi connectivity index (χ1n) is 5.68. The average molecular weight is 234 g/mol. The van der Waals surface area contributed by atoms with E-state index in [9.17, 15) is 0 Å². The Bertz CT molecular complexity index is 484. The normalized spacial score (nSPS) is 12.6. The van der Waals surface area contributed by atoms with Crippen molar-refractivity contribution in [2.75, 3.05) is 11.1 Å². The summed E-state index contributed by atoms with van der Waals surface area (Å²) >= 11 is 0. The Labute approximate surface area is 100 Å². The van der Waals surface area contributed by atoms with Crippen molar-refractivity contribution < 1.29 is 0 Å². The Morgan fingerprint density at radius 2 is 2.35 bits per heavy atom. The number of hydrogen-bond acceptors (Lipinski definition) is 4. The number of nitrogens with zero attached hydrogens (tertiary/aromatic N) is 3. The Morgan fingerprint density at radius 1 is 1.59 bits per heavy atom. The molecule has 2 rings (SSSR count). The van der Waals surface area contributed by atoms with Gasteiger partial charge in [-0.05, 0) is 13.3 Å². The molecular formula is C11H18N6. The Hall–Kier alpha value is -1.98. The van der Waals surface area contributed by atoms with Crippen LogP contribution in [-0.2, 0) is 7.05 Å². The van der Waals surface area contributed by atoms with Gasteiger partial charge in [0.1, 0.15) is 11.6 Å². The third-order valence-electron chi connectivity index (χ3n) is 2.84. The first-order chi connectivity index (χ1) is 8.13. The Balaban J connectivity index is 2.24. The molecule has 0 saturated carbocycles. The van der Waals surface area contributed by atoms with Gasteiger partial charge in [0, 0.05) is 19.4 Å². The Morgan fingerprint density at radius 3 is 2.82 bits per heavy atom. The van der Waals surface area contributed by atoms with Crippen LogP contribution in [0.5, 0.6) is 0 Å². The highest BCUT2D eigenvalue weighted by molar-refractivity contribution is 5.65. The molecule has 0 bridgehead atoms. The molecule has 0 aliphatic carbocycles. The van der Waals surface area contributed by atoms with Crippen LogP contribution in [0.4, 0.5) is 11.5 Å². The molecule has 0 spiro atoms. The number of H-pyrrole nitrogens is 1. The number of aromatic amines is 1. The molecule has 0 aliphatic heterocycles. The second-order valence-corrected chi connectivity index (χ2v) is 4.05. The number of aryl methyl sites for hydroxylation is 2. The average Bonchev–Trinajstić information content (AvgIpc) is 2.89. The zero-order chi connectivity index (χ0) is 12.4. The number of nitrogens with two attached hydrogens (primary N) is 1. The molecule has 1 unspecified atom stereocenters. The van der Waals surface area contributed by atoms with Gasteiger partial charge in [0.05, 0.1) is 17.4 Å². The highest BCUT2D eigenvalue weighted by atomic mass is 15.3. The van der Waals surface area contributed by atoms with Crippen molar-refractivity contribution in [3.8, 4) is 0 Å². The highest BCUT2D eigenvalue weighted by Gasteiger charge is 2.16. The van der Waals surface area contributed by atoms with Crippen molar-refractivity contribution in [3.05, 3.63) is 23.9 Å². The minimum atomic E-state index is 0.113. The van der Waals surface area contributed by atoms with Crippen LogP contribution in [0, 0.1) is 6.92 Å². The fourth-order valence-corrected chi connectivity index (χ4v) is 1.84. The van der Waals surface area contributed by atoms with Gasteiger partial charge < -0.3 is 16.0 Å². The maximum absolute atomic E-state index is 5.98. The zero-order valence-electron chi connectivity index (χ0n) is 10.4. The maximum Gasteiger partial charge on any atom is 0.148 e. The largest absolute Gasteiger partial charge is 0.394 e. The lowest BCUT2D eigenvalue weighted by Gasteiger charge is -2.16. The van der Waals surface area contributed by atoms with E-state index in [1.54, 1.807) is 10.9 Å². The van der Waals surface area contributed by atoms with E-state index in [2.05, 4.69) is 27.3 Å². The first-order valence-corrected chi connectivity index (χ1v) is 5.68. The van der Waals surface area contributed by atoms with Crippen LogP contribution in [-0.4, -0.2) is 19.7 Å². The van der Waals surface area contributed by atoms with Crippen LogP contribution in [0.25, 0.3) is 0 Å². The fourth-order valence-electron chi connectivity index (χ4n) is 1.84. The lowest BCUT2D eigenvalue weighted by Crippen LogP contribution is -2.14. The fraction of sp³-hybridized carbons (Fsp3) is 0.455. The molecule has 0 aliphatic rings. The van der Waals surface area contributed by atoms with E-state index < -0.39 is 0 Å². The monoisotopic (exact) mass is 234 g/mol. The van der Waals surface area contributed by atoms with Gasteiger partial charge in [-0.25, -0.2) is 4.98 Å². The molecule has 6 heteroatoms. The quantitative estimate of drug-likeness (QED) is 0.750. The predicted molar refractivity (Wildman–Crippen MR) is 67.6 cm³/mol. The minimum absolute atomic E-state index is 0.113. The van der Waals surface area contributed by atoms with Gasteiger partial charge >= 0.3 is 0 Å². The molecule has 2 aromatic heterocycles. The van der Waals surface area contributed by atoms with Gasteiger partial charge in [-0.15, -0.1) is 0 Å². The molecular weight excluding hydrogens is 216 g/mol. The van der Waals surface area contributed by atoms with E-state index in [0.29, 0.717) is 5.69 Å². The standard InChI is InChI=1S/C11H18N6/c1-4-8(10-13-5-6-14-10)15-11-9(12)7(2)16-17(11)3/h5-6,8,15H,4,12H2,1-3H3,(H,13,14). The van der Waals surface area contributed by atoms with Crippen LogP contribution in [0.3, 0.4) is 0 Å². The molecule has 0 amide bonds. The maximum atomic E-state index is 5.98. The summed E-state index contributed by atoms with van der Waals surface area (Å²) in [6.07, 6.45) is 4.48. The SMILES string of the molecule is CCC(Nc1c(N)c(C)nn1C)c1ncc[nH]1. The zero-order valence-corrected chi connectivity index (χ0v) is 10.4. The number of nitrogens with one attached hydrogen (secondary N) is 2. The van der Waals surface area contributed by atoms with Crippen molar-refractivity contribution in [2.24, 2.45) is 7.05 Å². The van der Waals surface area contributed by atoms with E-state index in [0.717, 1.165) is 23.8 Å². The molecule has 0 saturated heterocycles. The number of nitrogen functional groups attached to an aromatic ring is 1. The van der Waals surface area contributed by atoms with Gasteiger partial charge in [0.25, 0.3) is 0 Å². The van der Waals surface area contributed by atoms with Gasteiger partial charge in [-0.1, -0.05) is 6.92 Å². The van der Waals surface area contributed by atoms with E-state index in [4.69, 9.17) is 5.73 Å². The smallest absolute Gasteiger partial charge is 0.148 e. The molecule has 6 nitrogen and oxygen atoms in total. The summed E-state index contributed by atoms with van der Waals surface area (Å²) in [5.41, 5.74) is 7.51. The summed E-state index contributed by atoms with van der Waals surface area (Å²) in [5, 5.41) is 7.65. The minimum Gasteiger partial charge on any atom is -0.394 e. The second-order valence-electron chi connectivity index (χ2n) is 4.05. The Kier molecular flexibility index (Phi) is 3.03. The number of imidazole rings is 1. The van der Waals surface area contributed by atoms with Crippen LogP contribution in [0.2, 0.25) is 0 Å². The van der Waals surface area contributed by atoms with E-state index in [1.165, 1.54) is 0 Å². The molecule has 2 aromatic rings. The number of aromatic nitrogens is 4. The van der Waals surface area contributed by atoms with Gasteiger partial charge in [-0.2, -0.15) is 5.10 Å². The number of rotatable bonds is 4. The second kappa shape index (κ2) is 4.48. The van der Waals surface area contributed by atoms with Crippen molar-refractivity contribution in [2.45, 2.75) is 26.3 Å². The van der Waals surface area contributed by atoms with E-state index >= 15 is 0 Å². The molecule has 0 radical (unpaired) electrons. The lowest BCUT2D eigenvalue weighted by atomic mass is 10.2. The molecule has 0 fully saturated rings. The highest BCUT2D eigenvalue weighted by Crippen LogP contribution is 2.26. The number of anilines is 2. The molecule has 2 heterocycles. The van der Waals surface area contributed by atoms with E-state index in [1.807, 2.05) is 20.2 Å². The van der Waals surface area contributed by atoms with Gasteiger partial charge in [0.15, 0.2) is 0 Å². The van der Waals surface area contributed by atoms with Crippen molar-refractivity contribution in [1.29, 1.82) is 0 Å². The molecule has 0 aromatic carbocycles. The summed E-state index contributed by atoms with van der Waals surface area (Å²) in [6.45, 7) is 3.99. The van der Waals surface area contributed by atoms with Crippen LogP contribution in [0.1, 0.15) is 30.9 Å². The summed E-state index contributed by atoms with van der Waals surface area (Å²) < 4.78 is 1.76. The van der Waals surface area contributed by atoms with Crippen molar-refractivity contribution in [1.82, 2.24) is 19.7 Å².